The fourth-order valence-electron chi connectivity index (χ4n) is 3.46. The first-order valence-electron chi connectivity index (χ1n) is 9.18. The average Bonchev–Trinajstić information content (AvgIpc) is 3.09. The van der Waals surface area contributed by atoms with Gasteiger partial charge in [-0.3, -0.25) is 14.7 Å². The van der Waals surface area contributed by atoms with Gasteiger partial charge in [-0.15, -0.1) is 0 Å². The molecule has 0 bridgehead atoms. The number of hydrogen-bond acceptors (Lipinski definition) is 3. The Morgan fingerprint density at radius 3 is 2.17 bits per heavy atom. The Morgan fingerprint density at radius 1 is 1.04 bits per heavy atom. The second-order valence-corrected chi connectivity index (χ2v) is 6.49. The Hall–Kier alpha value is -1.30. The first kappa shape index (κ1) is 18.0. The summed E-state index contributed by atoms with van der Waals surface area (Å²) >= 11 is 0. The highest BCUT2D eigenvalue weighted by molar-refractivity contribution is 5.80. The quantitative estimate of drug-likeness (QED) is 0.605. The van der Waals surface area contributed by atoms with E-state index in [9.17, 15) is 4.79 Å². The summed E-state index contributed by atoms with van der Waals surface area (Å²) in [7, 11) is 0. The van der Waals surface area contributed by atoms with Crippen molar-refractivity contribution in [1.29, 1.82) is 0 Å². The summed E-state index contributed by atoms with van der Waals surface area (Å²) in [5.41, 5.74) is 0. The number of amides is 1. The molecule has 0 aromatic heterocycles. The van der Waals surface area contributed by atoms with Gasteiger partial charge in [0.1, 0.15) is 0 Å². The molecule has 0 spiro atoms. The Labute approximate surface area is 140 Å². The van der Waals surface area contributed by atoms with Crippen molar-refractivity contribution < 1.29 is 4.79 Å². The molecule has 2 aliphatic heterocycles. The van der Waals surface area contributed by atoms with Gasteiger partial charge < -0.3 is 15.1 Å². The van der Waals surface area contributed by atoms with Crippen molar-refractivity contribution in [3.05, 3.63) is 0 Å². The highest BCUT2D eigenvalue weighted by Gasteiger charge is 2.23. The smallest absolute Gasteiger partial charge is 0.219 e. The Bertz CT molecular complexity index is 398. The second-order valence-electron chi connectivity index (χ2n) is 6.49. The number of hydrogen-bond donors (Lipinski definition) is 1. The molecule has 0 aliphatic carbocycles. The number of nitrogens with one attached hydrogen (secondary N) is 1. The van der Waals surface area contributed by atoms with Gasteiger partial charge in [0, 0.05) is 45.7 Å². The summed E-state index contributed by atoms with van der Waals surface area (Å²) < 4.78 is 0. The lowest BCUT2D eigenvalue weighted by Gasteiger charge is -2.36. The van der Waals surface area contributed by atoms with E-state index in [1.165, 1.54) is 25.9 Å². The number of piperazine rings is 1. The van der Waals surface area contributed by atoms with Crippen molar-refractivity contribution in [3.8, 4) is 0 Å². The van der Waals surface area contributed by atoms with Crippen molar-refractivity contribution in [3.63, 3.8) is 0 Å². The van der Waals surface area contributed by atoms with Gasteiger partial charge in [0.25, 0.3) is 0 Å². The van der Waals surface area contributed by atoms with Gasteiger partial charge >= 0.3 is 0 Å². The lowest BCUT2D eigenvalue weighted by molar-refractivity contribution is -0.130. The van der Waals surface area contributed by atoms with Crippen LogP contribution in [0.3, 0.4) is 0 Å². The van der Waals surface area contributed by atoms with E-state index in [1.54, 1.807) is 6.92 Å². The Kier molecular flexibility index (Phi) is 7.15. The molecule has 6 heteroatoms. The van der Waals surface area contributed by atoms with Crippen LogP contribution in [-0.2, 0) is 4.79 Å². The lowest BCUT2D eigenvalue weighted by atomic mass is 10.2. The molecule has 1 unspecified atom stereocenters. The molecule has 2 heterocycles. The van der Waals surface area contributed by atoms with Crippen molar-refractivity contribution >= 4 is 11.9 Å². The second kappa shape index (κ2) is 9.11. The minimum absolute atomic E-state index is 0.173. The van der Waals surface area contributed by atoms with Crippen LogP contribution >= 0.6 is 0 Å². The van der Waals surface area contributed by atoms with E-state index in [0.717, 1.165) is 51.6 Å². The molecule has 1 N–H and O–H groups in total. The zero-order valence-electron chi connectivity index (χ0n) is 15.1. The first-order chi connectivity index (χ1) is 11.2. The van der Waals surface area contributed by atoms with Crippen LogP contribution in [-0.4, -0.2) is 85.0 Å². The molecule has 1 amide bonds. The lowest BCUT2D eigenvalue weighted by Crippen LogP contribution is -2.53. The molecule has 2 fully saturated rings. The molecule has 0 aromatic rings. The number of carbonyl (C=O) groups is 1. The molecular weight excluding hydrogens is 290 g/mol. The number of guanidine groups is 1. The van der Waals surface area contributed by atoms with Crippen LogP contribution in [0.15, 0.2) is 4.99 Å². The zero-order valence-corrected chi connectivity index (χ0v) is 15.1. The predicted octanol–water partition coefficient (Wildman–Crippen LogP) is 0.990. The summed E-state index contributed by atoms with van der Waals surface area (Å²) in [4.78, 5) is 23.2. The largest absolute Gasteiger partial charge is 0.357 e. The normalized spacial score (nSPS) is 21.6. The van der Waals surface area contributed by atoms with Crippen molar-refractivity contribution in [1.82, 2.24) is 20.0 Å². The van der Waals surface area contributed by atoms with Crippen molar-refractivity contribution in [2.75, 3.05) is 52.4 Å². The van der Waals surface area contributed by atoms with Gasteiger partial charge in [0.2, 0.25) is 5.91 Å². The number of carbonyl (C=O) groups excluding carboxylic acids is 1. The Morgan fingerprint density at radius 2 is 1.65 bits per heavy atom. The van der Waals surface area contributed by atoms with Crippen LogP contribution in [0, 0.1) is 0 Å². The van der Waals surface area contributed by atoms with E-state index in [2.05, 4.69) is 29.0 Å². The van der Waals surface area contributed by atoms with Crippen LogP contribution in [0.25, 0.3) is 0 Å². The first-order valence-corrected chi connectivity index (χ1v) is 9.18. The van der Waals surface area contributed by atoms with Crippen LogP contribution in [0.4, 0.5) is 0 Å². The molecule has 2 rings (SSSR count). The highest BCUT2D eigenvalue weighted by atomic mass is 16.2. The standard InChI is InChI=1S/C17H33N5O/c1-4-16(21-8-6-7-9-21)14-19-17(18-5-2)22-12-10-20(11-13-22)15(3)23/h16H,4-14H2,1-3H3,(H,18,19). The number of likely N-dealkylation sites (tertiary alicyclic amines) is 1. The monoisotopic (exact) mass is 323 g/mol. The molecule has 0 radical (unpaired) electrons. The summed E-state index contributed by atoms with van der Waals surface area (Å²) in [5.74, 6) is 1.18. The van der Waals surface area contributed by atoms with E-state index in [4.69, 9.17) is 4.99 Å². The summed E-state index contributed by atoms with van der Waals surface area (Å²) in [5, 5.41) is 3.42. The van der Waals surface area contributed by atoms with Gasteiger partial charge in [-0.05, 0) is 39.3 Å². The molecule has 6 nitrogen and oxygen atoms in total. The maximum atomic E-state index is 11.5. The van der Waals surface area contributed by atoms with Crippen LogP contribution in [0.2, 0.25) is 0 Å². The van der Waals surface area contributed by atoms with Crippen LogP contribution in [0.5, 0.6) is 0 Å². The van der Waals surface area contributed by atoms with Gasteiger partial charge in [-0.25, -0.2) is 0 Å². The predicted molar refractivity (Wildman–Crippen MR) is 94.7 cm³/mol. The number of nitrogens with zero attached hydrogens (tertiary/aromatic N) is 4. The van der Waals surface area contributed by atoms with Gasteiger partial charge in [-0.1, -0.05) is 6.92 Å². The molecule has 132 valence electrons. The SMILES string of the molecule is CCNC(=NCC(CC)N1CCCC1)N1CCN(C(C)=O)CC1. The maximum absolute atomic E-state index is 11.5. The van der Waals surface area contributed by atoms with Gasteiger partial charge in [0.15, 0.2) is 5.96 Å². The topological polar surface area (TPSA) is 51.2 Å². The minimum atomic E-state index is 0.173. The van der Waals surface area contributed by atoms with Crippen LogP contribution in [0.1, 0.15) is 40.0 Å². The molecule has 0 aromatic carbocycles. The summed E-state index contributed by atoms with van der Waals surface area (Å²) in [6, 6.07) is 0.560. The van der Waals surface area contributed by atoms with Gasteiger partial charge in [0.05, 0.1) is 6.54 Å². The van der Waals surface area contributed by atoms with Crippen molar-refractivity contribution in [2.24, 2.45) is 4.99 Å². The highest BCUT2D eigenvalue weighted by Crippen LogP contribution is 2.14. The van der Waals surface area contributed by atoms with Crippen molar-refractivity contribution in [2.45, 2.75) is 46.1 Å². The fourth-order valence-corrected chi connectivity index (χ4v) is 3.46. The summed E-state index contributed by atoms with van der Waals surface area (Å²) in [6.45, 7) is 13.5. The maximum Gasteiger partial charge on any atom is 0.219 e. The third-order valence-corrected chi connectivity index (χ3v) is 4.94. The molecule has 2 saturated heterocycles. The van der Waals surface area contributed by atoms with E-state index < -0.39 is 0 Å². The van der Waals surface area contributed by atoms with Crippen LogP contribution < -0.4 is 5.32 Å². The number of aliphatic imine (C=N–C) groups is 1. The fraction of sp³-hybridized carbons (Fsp3) is 0.882. The van der Waals surface area contributed by atoms with E-state index in [0.29, 0.717) is 6.04 Å². The van der Waals surface area contributed by atoms with Gasteiger partial charge in [-0.2, -0.15) is 0 Å². The summed E-state index contributed by atoms with van der Waals surface area (Å²) in [6.07, 6.45) is 3.81. The Balaban J connectivity index is 1.92. The number of rotatable bonds is 5. The average molecular weight is 323 g/mol. The zero-order chi connectivity index (χ0) is 16.7. The molecular formula is C17H33N5O. The molecule has 23 heavy (non-hydrogen) atoms. The molecule has 1 atom stereocenters. The van der Waals surface area contributed by atoms with E-state index in [1.807, 2.05) is 4.90 Å². The molecule has 2 aliphatic rings. The third kappa shape index (κ3) is 5.09. The molecule has 0 saturated carbocycles. The minimum Gasteiger partial charge on any atom is -0.357 e. The third-order valence-electron chi connectivity index (χ3n) is 4.94. The van der Waals surface area contributed by atoms with E-state index >= 15 is 0 Å². The van der Waals surface area contributed by atoms with E-state index in [-0.39, 0.29) is 5.91 Å².